The normalized spacial score (nSPS) is 15.5. The van der Waals surface area contributed by atoms with E-state index in [0.717, 1.165) is 43.1 Å². The van der Waals surface area contributed by atoms with Crippen LogP contribution >= 0.6 is 11.6 Å². The first-order valence-corrected chi connectivity index (χ1v) is 8.11. The molecule has 6 heteroatoms. The number of hydrogen-bond donors (Lipinski definition) is 1. The van der Waals surface area contributed by atoms with Gasteiger partial charge in [0.05, 0.1) is 5.69 Å². The Morgan fingerprint density at radius 2 is 1.83 bits per heavy atom. The fourth-order valence-corrected chi connectivity index (χ4v) is 2.83. The van der Waals surface area contributed by atoms with Crippen molar-refractivity contribution in [2.75, 3.05) is 23.3 Å². The summed E-state index contributed by atoms with van der Waals surface area (Å²) in [7, 11) is 0. The van der Waals surface area contributed by atoms with Crippen LogP contribution in [-0.4, -0.2) is 29.2 Å². The van der Waals surface area contributed by atoms with Crippen LogP contribution in [0.5, 0.6) is 0 Å². The van der Waals surface area contributed by atoms with E-state index >= 15 is 0 Å². The van der Waals surface area contributed by atoms with Gasteiger partial charge >= 0.3 is 0 Å². The monoisotopic (exact) mass is 330 g/mol. The average Bonchev–Trinajstić information content (AvgIpc) is 2.58. The van der Waals surface area contributed by atoms with Crippen molar-refractivity contribution in [2.45, 2.75) is 19.8 Å². The molecule has 0 spiro atoms. The number of piperidine rings is 1. The Morgan fingerprint density at radius 1 is 1.13 bits per heavy atom. The molecule has 1 saturated heterocycles. The van der Waals surface area contributed by atoms with Gasteiger partial charge < -0.3 is 10.2 Å². The summed E-state index contributed by atoms with van der Waals surface area (Å²) in [4.78, 5) is 14.5. The molecule has 1 aromatic carbocycles. The third-order valence-corrected chi connectivity index (χ3v) is 4.34. The van der Waals surface area contributed by atoms with Gasteiger partial charge in [-0.3, -0.25) is 4.79 Å². The third kappa shape index (κ3) is 3.99. The molecule has 1 amide bonds. The number of aryl methyl sites for hydroxylation is 1. The molecule has 0 bridgehead atoms. The van der Waals surface area contributed by atoms with Gasteiger partial charge in [-0.2, -0.15) is 5.10 Å². The quantitative estimate of drug-likeness (QED) is 0.938. The zero-order chi connectivity index (χ0) is 16.2. The molecule has 2 heterocycles. The molecule has 3 rings (SSSR count). The molecule has 2 aromatic rings. The van der Waals surface area contributed by atoms with Gasteiger partial charge in [-0.25, -0.2) is 0 Å². The molecule has 120 valence electrons. The van der Waals surface area contributed by atoms with E-state index in [1.807, 2.05) is 31.2 Å². The highest BCUT2D eigenvalue weighted by Crippen LogP contribution is 2.23. The molecule has 23 heavy (non-hydrogen) atoms. The summed E-state index contributed by atoms with van der Waals surface area (Å²) in [5.74, 6) is 0.981. The molecule has 0 saturated carbocycles. The lowest BCUT2D eigenvalue weighted by atomic mass is 9.96. The Bertz CT molecular complexity index is 664. The van der Waals surface area contributed by atoms with Gasteiger partial charge in [0.15, 0.2) is 5.82 Å². The number of halogens is 1. The van der Waals surface area contributed by atoms with Gasteiger partial charge in [0.25, 0.3) is 0 Å². The zero-order valence-corrected chi connectivity index (χ0v) is 13.8. The Hall–Kier alpha value is -2.14. The first-order chi connectivity index (χ1) is 11.1. The summed E-state index contributed by atoms with van der Waals surface area (Å²) < 4.78 is 0. The lowest BCUT2D eigenvalue weighted by Gasteiger charge is -2.31. The first-order valence-electron chi connectivity index (χ1n) is 7.73. The third-order valence-electron chi connectivity index (χ3n) is 4.09. The molecule has 1 aliphatic rings. The summed E-state index contributed by atoms with van der Waals surface area (Å²) >= 11 is 5.85. The smallest absolute Gasteiger partial charge is 0.227 e. The van der Waals surface area contributed by atoms with E-state index in [-0.39, 0.29) is 11.8 Å². The molecule has 1 N–H and O–H groups in total. The molecule has 1 aromatic heterocycles. The molecule has 1 aliphatic heterocycles. The van der Waals surface area contributed by atoms with Crippen molar-refractivity contribution in [1.29, 1.82) is 0 Å². The number of amides is 1. The highest BCUT2D eigenvalue weighted by atomic mass is 35.5. The van der Waals surface area contributed by atoms with Crippen LogP contribution < -0.4 is 10.2 Å². The number of nitrogens with one attached hydrogen (secondary N) is 1. The molecular weight excluding hydrogens is 312 g/mol. The van der Waals surface area contributed by atoms with Crippen molar-refractivity contribution in [1.82, 2.24) is 10.2 Å². The summed E-state index contributed by atoms with van der Waals surface area (Å²) in [5.41, 5.74) is 1.69. The van der Waals surface area contributed by atoms with Crippen molar-refractivity contribution in [3.63, 3.8) is 0 Å². The van der Waals surface area contributed by atoms with E-state index in [1.165, 1.54) is 0 Å². The Balaban J connectivity index is 1.54. The number of carbonyl (C=O) groups is 1. The second-order valence-electron chi connectivity index (χ2n) is 5.79. The predicted octanol–water partition coefficient (Wildman–Crippen LogP) is 3.29. The van der Waals surface area contributed by atoms with E-state index < -0.39 is 0 Å². The van der Waals surface area contributed by atoms with E-state index in [9.17, 15) is 4.79 Å². The summed E-state index contributed by atoms with van der Waals surface area (Å²) in [6.07, 6.45) is 1.63. The van der Waals surface area contributed by atoms with Gasteiger partial charge in [0, 0.05) is 29.7 Å². The van der Waals surface area contributed by atoms with Crippen molar-refractivity contribution in [2.24, 2.45) is 5.92 Å². The number of benzene rings is 1. The number of carbonyl (C=O) groups excluding carboxylic acids is 1. The largest absolute Gasteiger partial charge is 0.355 e. The van der Waals surface area contributed by atoms with Crippen LogP contribution in [0.1, 0.15) is 18.5 Å². The van der Waals surface area contributed by atoms with Crippen LogP contribution in [0, 0.1) is 12.8 Å². The number of nitrogens with zero attached hydrogens (tertiary/aromatic N) is 3. The maximum atomic E-state index is 12.3. The number of anilines is 2. The highest BCUT2D eigenvalue weighted by molar-refractivity contribution is 6.30. The van der Waals surface area contributed by atoms with Crippen LogP contribution in [0.25, 0.3) is 0 Å². The fraction of sp³-hybridized carbons (Fsp3) is 0.353. The summed E-state index contributed by atoms with van der Waals surface area (Å²) in [6, 6.07) is 11.1. The molecular formula is C17H19ClN4O. The van der Waals surface area contributed by atoms with Crippen molar-refractivity contribution in [3.8, 4) is 0 Å². The molecule has 0 atom stereocenters. The van der Waals surface area contributed by atoms with Gasteiger partial charge in [-0.05, 0) is 56.2 Å². The lowest BCUT2D eigenvalue weighted by Crippen LogP contribution is -2.38. The number of aromatic nitrogens is 2. The predicted molar refractivity (Wildman–Crippen MR) is 91.8 cm³/mol. The highest BCUT2D eigenvalue weighted by Gasteiger charge is 2.25. The lowest BCUT2D eigenvalue weighted by molar-refractivity contribution is -0.120. The Morgan fingerprint density at radius 3 is 2.43 bits per heavy atom. The van der Waals surface area contributed by atoms with Crippen LogP contribution in [0.4, 0.5) is 11.5 Å². The first kappa shape index (κ1) is 15.7. The number of rotatable bonds is 3. The van der Waals surface area contributed by atoms with Crippen LogP contribution in [0.15, 0.2) is 36.4 Å². The van der Waals surface area contributed by atoms with Crippen molar-refractivity contribution >= 4 is 29.0 Å². The van der Waals surface area contributed by atoms with Crippen LogP contribution in [0.2, 0.25) is 5.02 Å². The van der Waals surface area contributed by atoms with E-state index in [4.69, 9.17) is 11.6 Å². The van der Waals surface area contributed by atoms with Crippen molar-refractivity contribution < 1.29 is 4.79 Å². The van der Waals surface area contributed by atoms with Gasteiger partial charge in [0.1, 0.15) is 0 Å². The van der Waals surface area contributed by atoms with Gasteiger partial charge in [-0.15, -0.1) is 5.10 Å². The van der Waals surface area contributed by atoms with Gasteiger partial charge in [-0.1, -0.05) is 11.6 Å². The molecule has 0 unspecified atom stereocenters. The van der Waals surface area contributed by atoms with Gasteiger partial charge in [0.2, 0.25) is 5.91 Å². The fourth-order valence-electron chi connectivity index (χ4n) is 2.71. The Kier molecular flexibility index (Phi) is 4.76. The standard InChI is InChI=1S/C17H19ClN4O/c1-12-2-7-16(21-20-12)22-10-8-13(9-11-22)17(23)19-15-5-3-14(18)4-6-15/h2-7,13H,8-11H2,1H3,(H,19,23). The minimum atomic E-state index is 0.0281. The summed E-state index contributed by atoms with van der Waals surface area (Å²) in [5, 5.41) is 11.9. The molecule has 5 nitrogen and oxygen atoms in total. The molecule has 0 radical (unpaired) electrons. The van der Waals surface area contributed by atoms with Crippen LogP contribution in [0.3, 0.4) is 0 Å². The van der Waals surface area contributed by atoms with Crippen molar-refractivity contribution in [3.05, 3.63) is 47.1 Å². The van der Waals surface area contributed by atoms with E-state index in [2.05, 4.69) is 20.4 Å². The maximum Gasteiger partial charge on any atom is 0.227 e. The van der Waals surface area contributed by atoms with Crippen LogP contribution in [-0.2, 0) is 4.79 Å². The minimum Gasteiger partial charge on any atom is -0.355 e. The molecule has 1 fully saturated rings. The summed E-state index contributed by atoms with van der Waals surface area (Å²) in [6.45, 7) is 3.55. The maximum absolute atomic E-state index is 12.3. The minimum absolute atomic E-state index is 0.0281. The van der Waals surface area contributed by atoms with E-state index in [0.29, 0.717) is 5.02 Å². The average molecular weight is 331 g/mol. The number of hydrogen-bond acceptors (Lipinski definition) is 4. The Labute approximate surface area is 140 Å². The topological polar surface area (TPSA) is 58.1 Å². The zero-order valence-electron chi connectivity index (χ0n) is 13.0. The second-order valence-corrected chi connectivity index (χ2v) is 6.23. The van der Waals surface area contributed by atoms with E-state index in [1.54, 1.807) is 12.1 Å². The molecule has 0 aliphatic carbocycles. The second kappa shape index (κ2) is 6.96. The SMILES string of the molecule is Cc1ccc(N2CCC(C(=O)Nc3ccc(Cl)cc3)CC2)nn1.